The molecular formula is C9H14BrN3O2S. The van der Waals surface area contributed by atoms with Crippen LogP contribution in [0.25, 0.3) is 0 Å². The van der Waals surface area contributed by atoms with Crippen LogP contribution in [0.5, 0.6) is 0 Å². The third-order valence-corrected chi connectivity index (χ3v) is 3.75. The Morgan fingerprint density at radius 3 is 2.75 bits per heavy atom. The van der Waals surface area contributed by atoms with Crippen molar-refractivity contribution >= 4 is 26.0 Å². The average Bonchev–Trinajstić information content (AvgIpc) is 2.24. The molecule has 0 atom stereocenters. The van der Waals surface area contributed by atoms with Crippen LogP contribution in [-0.2, 0) is 10.0 Å². The molecule has 0 fully saturated rings. The quantitative estimate of drug-likeness (QED) is 0.760. The number of rotatable bonds is 6. The molecule has 1 aromatic rings. The maximum atomic E-state index is 11.8. The Hall–Kier alpha value is -0.500. The van der Waals surface area contributed by atoms with Gasteiger partial charge < -0.3 is 5.32 Å². The molecule has 0 aliphatic rings. The fraction of sp³-hybridized carbons (Fsp3) is 0.444. The van der Waals surface area contributed by atoms with Gasteiger partial charge in [-0.25, -0.2) is 13.1 Å². The van der Waals surface area contributed by atoms with Gasteiger partial charge in [-0.05, 0) is 42.0 Å². The van der Waals surface area contributed by atoms with Gasteiger partial charge in [-0.15, -0.1) is 0 Å². The first kappa shape index (κ1) is 13.6. The molecule has 0 amide bonds. The number of nitrogens with zero attached hydrogens (tertiary/aromatic N) is 1. The van der Waals surface area contributed by atoms with Gasteiger partial charge in [0, 0.05) is 23.4 Å². The van der Waals surface area contributed by atoms with Gasteiger partial charge in [0.05, 0.1) is 0 Å². The van der Waals surface area contributed by atoms with Crippen molar-refractivity contribution in [3.05, 3.63) is 22.9 Å². The fourth-order valence-electron chi connectivity index (χ4n) is 1.09. The lowest BCUT2D eigenvalue weighted by molar-refractivity contribution is 0.576. The summed E-state index contributed by atoms with van der Waals surface area (Å²) in [6, 6.07) is 1.52. The third-order valence-electron chi connectivity index (χ3n) is 1.89. The molecule has 1 heterocycles. The van der Waals surface area contributed by atoms with Crippen molar-refractivity contribution in [3.63, 3.8) is 0 Å². The summed E-state index contributed by atoms with van der Waals surface area (Å²) < 4.78 is 26.7. The molecule has 2 N–H and O–H groups in total. The van der Waals surface area contributed by atoms with Crippen LogP contribution in [0, 0.1) is 0 Å². The molecule has 0 unspecified atom stereocenters. The normalized spacial score (nSPS) is 11.6. The lowest BCUT2D eigenvalue weighted by atomic mass is 10.4. The van der Waals surface area contributed by atoms with Gasteiger partial charge in [-0.2, -0.15) is 0 Å². The second kappa shape index (κ2) is 6.29. The van der Waals surface area contributed by atoms with Gasteiger partial charge >= 0.3 is 0 Å². The van der Waals surface area contributed by atoms with E-state index >= 15 is 0 Å². The summed E-state index contributed by atoms with van der Waals surface area (Å²) in [5.41, 5.74) is 0. The van der Waals surface area contributed by atoms with E-state index in [1.807, 2.05) is 7.05 Å². The Kier molecular flexibility index (Phi) is 5.33. The van der Waals surface area contributed by atoms with Gasteiger partial charge in [0.25, 0.3) is 0 Å². The number of hydrogen-bond donors (Lipinski definition) is 2. The highest BCUT2D eigenvalue weighted by Gasteiger charge is 2.13. The highest BCUT2D eigenvalue weighted by Crippen LogP contribution is 2.13. The number of sulfonamides is 1. The smallest absolute Gasteiger partial charge is 0.242 e. The molecule has 16 heavy (non-hydrogen) atoms. The monoisotopic (exact) mass is 307 g/mol. The summed E-state index contributed by atoms with van der Waals surface area (Å²) in [7, 11) is -1.61. The molecule has 7 heteroatoms. The lowest BCUT2D eigenvalue weighted by Gasteiger charge is -2.06. The van der Waals surface area contributed by atoms with Crippen molar-refractivity contribution < 1.29 is 8.42 Å². The highest BCUT2D eigenvalue weighted by atomic mass is 79.9. The van der Waals surface area contributed by atoms with E-state index in [1.165, 1.54) is 12.3 Å². The highest BCUT2D eigenvalue weighted by molar-refractivity contribution is 9.10. The van der Waals surface area contributed by atoms with Crippen molar-refractivity contribution in [1.29, 1.82) is 0 Å². The van der Waals surface area contributed by atoms with Crippen LogP contribution < -0.4 is 10.0 Å². The minimum atomic E-state index is -3.43. The van der Waals surface area contributed by atoms with Crippen LogP contribution in [0.15, 0.2) is 27.8 Å². The third kappa shape index (κ3) is 4.17. The molecule has 5 nitrogen and oxygen atoms in total. The van der Waals surface area contributed by atoms with Crippen molar-refractivity contribution in [2.24, 2.45) is 0 Å². The average molecular weight is 308 g/mol. The summed E-state index contributed by atoms with van der Waals surface area (Å²) >= 11 is 3.18. The van der Waals surface area contributed by atoms with Gasteiger partial charge in [-0.3, -0.25) is 4.98 Å². The second-order valence-electron chi connectivity index (χ2n) is 3.19. The lowest BCUT2D eigenvalue weighted by Crippen LogP contribution is -2.26. The van der Waals surface area contributed by atoms with Gasteiger partial charge in [0.15, 0.2) is 0 Å². The van der Waals surface area contributed by atoms with Crippen molar-refractivity contribution in [3.8, 4) is 0 Å². The van der Waals surface area contributed by atoms with Crippen LogP contribution in [0.3, 0.4) is 0 Å². The van der Waals surface area contributed by atoms with Crippen LogP contribution in [0.4, 0.5) is 0 Å². The van der Waals surface area contributed by atoms with Crippen LogP contribution in [0.1, 0.15) is 6.42 Å². The Balaban J connectivity index is 2.64. The van der Waals surface area contributed by atoms with E-state index in [2.05, 4.69) is 31.0 Å². The second-order valence-corrected chi connectivity index (χ2v) is 5.88. The predicted molar refractivity (Wildman–Crippen MR) is 65.7 cm³/mol. The first-order valence-electron chi connectivity index (χ1n) is 4.81. The molecule has 0 aromatic carbocycles. The summed E-state index contributed by atoms with van der Waals surface area (Å²) in [5, 5.41) is 2.95. The number of halogens is 1. The summed E-state index contributed by atoms with van der Waals surface area (Å²) in [4.78, 5) is 3.99. The van der Waals surface area contributed by atoms with Crippen molar-refractivity contribution in [2.75, 3.05) is 20.1 Å². The van der Waals surface area contributed by atoms with Crippen molar-refractivity contribution in [1.82, 2.24) is 15.0 Å². The number of nitrogens with one attached hydrogen (secondary N) is 2. The molecular weight excluding hydrogens is 294 g/mol. The predicted octanol–water partition coefficient (Wildman–Crippen LogP) is 0.732. The number of hydrogen-bond acceptors (Lipinski definition) is 4. The minimum absolute atomic E-state index is 0.173. The maximum Gasteiger partial charge on any atom is 0.242 e. The molecule has 0 spiro atoms. The first-order valence-corrected chi connectivity index (χ1v) is 7.08. The zero-order valence-electron chi connectivity index (χ0n) is 8.90. The molecule has 0 aliphatic heterocycles. The van der Waals surface area contributed by atoms with Gasteiger partial charge in [0.2, 0.25) is 10.0 Å². The van der Waals surface area contributed by atoms with Crippen LogP contribution in [-0.4, -0.2) is 33.5 Å². The number of aromatic nitrogens is 1. The molecule has 90 valence electrons. The molecule has 0 aliphatic carbocycles. The first-order chi connectivity index (χ1) is 7.56. The molecule has 1 aromatic heterocycles. The van der Waals surface area contributed by atoms with Crippen LogP contribution >= 0.6 is 15.9 Å². The van der Waals surface area contributed by atoms with E-state index in [-0.39, 0.29) is 4.90 Å². The Labute approximate surface area is 104 Å². The molecule has 1 rings (SSSR count). The van der Waals surface area contributed by atoms with E-state index in [0.29, 0.717) is 11.0 Å². The molecule has 0 bridgehead atoms. The van der Waals surface area contributed by atoms with E-state index < -0.39 is 10.0 Å². The molecule has 0 saturated carbocycles. The molecule has 0 radical (unpaired) electrons. The Morgan fingerprint density at radius 2 is 2.12 bits per heavy atom. The summed E-state index contributed by atoms with van der Waals surface area (Å²) in [5.74, 6) is 0. The van der Waals surface area contributed by atoms with Crippen molar-refractivity contribution in [2.45, 2.75) is 11.3 Å². The Morgan fingerprint density at radius 1 is 1.38 bits per heavy atom. The summed E-state index contributed by atoms with van der Waals surface area (Å²) in [6.07, 6.45) is 3.61. The van der Waals surface area contributed by atoms with Gasteiger partial charge in [-0.1, -0.05) is 0 Å². The largest absolute Gasteiger partial charge is 0.320 e. The topological polar surface area (TPSA) is 71.1 Å². The Bertz CT molecular complexity index is 436. The standard InChI is InChI=1S/C9H14BrN3O2S/c1-11-3-2-4-13-16(14,15)9-5-8(10)6-12-7-9/h5-7,11,13H,2-4H2,1H3. The van der Waals surface area contributed by atoms with E-state index in [4.69, 9.17) is 0 Å². The number of pyridine rings is 1. The fourth-order valence-corrected chi connectivity index (χ4v) is 2.67. The zero-order chi connectivity index (χ0) is 12.0. The SMILES string of the molecule is CNCCCNS(=O)(=O)c1cncc(Br)c1. The van der Waals surface area contributed by atoms with Gasteiger partial charge in [0.1, 0.15) is 4.90 Å². The minimum Gasteiger partial charge on any atom is -0.320 e. The zero-order valence-corrected chi connectivity index (χ0v) is 11.3. The summed E-state index contributed by atoms with van der Waals surface area (Å²) in [6.45, 7) is 1.19. The van der Waals surface area contributed by atoms with E-state index in [0.717, 1.165) is 13.0 Å². The van der Waals surface area contributed by atoms with Crippen LogP contribution in [0.2, 0.25) is 0 Å². The van der Waals surface area contributed by atoms with E-state index in [9.17, 15) is 8.42 Å². The molecule has 0 saturated heterocycles. The maximum absolute atomic E-state index is 11.8. The van der Waals surface area contributed by atoms with E-state index in [1.54, 1.807) is 6.20 Å².